The van der Waals surface area contributed by atoms with Gasteiger partial charge in [0.25, 0.3) is 5.91 Å². The van der Waals surface area contributed by atoms with Crippen molar-refractivity contribution in [2.45, 2.75) is 18.9 Å². The van der Waals surface area contributed by atoms with Gasteiger partial charge < -0.3 is 19.9 Å². The summed E-state index contributed by atoms with van der Waals surface area (Å²) in [6.45, 7) is 4.91. The number of carbonyl (C=O) groups excluding carboxylic acids is 2. The second kappa shape index (κ2) is 7.79. The van der Waals surface area contributed by atoms with E-state index in [4.69, 9.17) is 4.74 Å². The van der Waals surface area contributed by atoms with Crippen LogP contribution in [0, 0.1) is 0 Å². The van der Waals surface area contributed by atoms with E-state index in [0.717, 1.165) is 29.8 Å². The fourth-order valence-electron chi connectivity index (χ4n) is 3.61. The highest BCUT2D eigenvalue weighted by Gasteiger charge is 2.22. The van der Waals surface area contributed by atoms with Gasteiger partial charge >= 0.3 is 0 Å². The Morgan fingerprint density at radius 1 is 1.41 bits per heavy atom. The molecule has 7 nitrogen and oxygen atoms in total. The highest BCUT2D eigenvalue weighted by atomic mass is 16.5. The SMILES string of the molecule is C=CC(=O)Nc1cc(C2=CC(c3cc4n(c3)CCNC4=O)CC=N2)ccc1OC. The molecule has 0 bridgehead atoms. The lowest BCUT2D eigenvalue weighted by Crippen LogP contribution is -2.34. The lowest BCUT2D eigenvalue weighted by atomic mass is 9.94. The molecule has 1 aromatic heterocycles. The van der Waals surface area contributed by atoms with Crippen molar-refractivity contribution < 1.29 is 14.3 Å². The molecule has 1 aromatic carbocycles. The zero-order valence-electron chi connectivity index (χ0n) is 16.1. The number of aromatic nitrogens is 1. The highest BCUT2D eigenvalue weighted by Crippen LogP contribution is 2.34. The number of ether oxygens (including phenoxy) is 1. The van der Waals surface area contributed by atoms with E-state index in [9.17, 15) is 9.59 Å². The predicted molar refractivity (Wildman–Crippen MR) is 112 cm³/mol. The van der Waals surface area contributed by atoms with Gasteiger partial charge in [0.15, 0.2) is 0 Å². The second-order valence-corrected chi connectivity index (χ2v) is 6.92. The summed E-state index contributed by atoms with van der Waals surface area (Å²) < 4.78 is 7.34. The van der Waals surface area contributed by atoms with E-state index in [1.807, 2.05) is 29.0 Å². The smallest absolute Gasteiger partial charge is 0.267 e. The number of benzene rings is 1. The largest absolute Gasteiger partial charge is 0.495 e. The van der Waals surface area contributed by atoms with Crippen LogP contribution in [0.2, 0.25) is 0 Å². The summed E-state index contributed by atoms with van der Waals surface area (Å²) in [4.78, 5) is 28.3. The second-order valence-electron chi connectivity index (χ2n) is 6.92. The van der Waals surface area contributed by atoms with Crippen molar-refractivity contribution in [1.82, 2.24) is 9.88 Å². The van der Waals surface area contributed by atoms with E-state index in [1.54, 1.807) is 13.2 Å². The molecule has 0 saturated heterocycles. The minimum atomic E-state index is -0.308. The van der Waals surface area contributed by atoms with Crippen molar-refractivity contribution in [3.05, 3.63) is 66.0 Å². The van der Waals surface area contributed by atoms with E-state index in [2.05, 4.69) is 34.5 Å². The normalized spacial score (nSPS) is 17.8. The first-order valence-electron chi connectivity index (χ1n) is 9.43. The Balaban J connectivity index is 1.65. The van der Waals surface area contributed by atoms with Crippen LogP contribution in [-0.2, 0) is 11.3 Å². The Bertz CT molecular complexity index is 1050. The third-order valence-corrected chi connectivity index (χ3v) is 5.10. The zero-order valence-corrected chi connectivity index (χ0v) is 16.1. The number of anilines is 1. The van der Waals surface area contributed by atoms with Crippen molar-refractivity contribution in [1.29, 1.82) is 0 Å². The monoisotopic (exact) mass is 390 g/mol. The van der Waals surface area contributed by atoms with Crippen LogP contribution in [0.15, 0.2) is 54.2 Å². The molecule has 2 amide bonds. The maximum Gasteiger partial charge on any atom is 0.267 e. The summed E-state index contributed by atoms with van der Waals surface area (Å²) >= 11 is 0. The van der Waals surface area contributed by atoms with Crippen LogP contribution < -0.4 is 15.4 Å². The van der Waals surface area contributed by atoms with Crippen LogP contribution >= 0.6 is 0 Å². The maximum atomic E-state index is 12.1. The van der Waals surface area contributed by atoms with Crippen molar-refractivity contribution in [3.63, 3.8) is 0 Å². The Morgan fingerprint density at radius 3 is 3.03 bits per heavy atom. The topological polar surface area (TPSA) is 84.7 Å². The van der Waals surface area contributed by atoms with Gasteiger partial charge in [-0.3, -0.25) is 14.6 Å². The van der Waals surface area contributed by atoms with Crippen LogP contribution in [-0.4, -0.2) is 36.3 Å². The molecule has 3 heterocycles. The molecule has 1 atom stereocenters. The number of carbonyl (C=O) groups is 2. The summed E-state index contributed by atoms with van der Waals surface area (Å²) in [6, 6.07) is 7.50. The highest BCUT2D eigenvalue weighted by molar-refractivity contribution is 6.00. The molecule has 7 heteroatoms. The van der Waals surface area contributed by atoms with Gasteiger partial charge in [0.1, 0.15) is 11.4 Å². The number of hydrogen-bond donors (Lipinski definition) is 2. The number of hydrogen-bond acceptors (Lipinski definition) is 4. The van der Waals surface area contributed by atoms with Crippen molar-refractivity contribution in [2.75, 3.05) is 19.0 Å². The molecule has 2 aromatic rings. The molecule has 29 heavy (non-hydrogen) atoms. The molecule has 1 unspecified atom stereocenters. The van der Waals surface area contributed by atoms with Crippen molar-refractivity contribution in [2.24, 2.45) is 4.99 Å². The summed E-state index contributed by atoms with van der Waals surface area (Å²) in [5.74, 6) is 0.347. The average molecular weight is 390 g/mol. The van der Waals surface area contributed by atoms with E-state index < -0.39 is 0 Å². The lowest BCUT2D eigenvalue weighted by molar-refractivity contribution is -0.111. The Labute approximate surface area is 168 Å². The molecule has 148 valence electrons. The van der Waals surface area contributed by atoms with Crippen LogP contribution in [0.4, 0.5) is 5.69 Å². The maximum absolute atomic E-state index is 12.1. The van der Waals surface area contributed by atoms with Gasteiger partial charge in [-0.25, -0.2) is 0 Å². The van der Waals surface area contributed by atoms with Gasteiger partial charge in [-0.05, 0) is 42.3 Å². The van der Waals surface area contributed by atoms with Gasteiger partial charge in [0.2, 0.25) is 5.91 Å². The number of aliphatic imine (C=N–C) groups is 1. The van der Waals surface area contributed by atoms with E-state index in [0.29, 0.717) is 23.7 Å². The number of nitrogens with zero attached hydrogens (tertiary/aromatic N) is 2. The van der Waals surface area contributed by atoms with Crippen molar-refractivity contribution >= 4 is 29.4 Å². The van der Waals surface area contributed by atoms with Crippen LogP contribution in [0.25, 0.3) is 5.70 Å². The third kappa shape index (κ3) is 3.71. The summed E-state index contributed by atoms with van der Waals surface area (Å²) in [5, 5.41) is 5.63. The molecule has 4 rings (SSSR count). The zero-order chi connectivity index (χ0) is 20.4. The first kappa shape index (κ1) is 18.7. The lowest BCUT2D eigenvalue weighted by Gasteiger charge is -2.17. The van der Waals surface area contributed by atoms with Crippen LogP contribution in [0.1, 0.15) is 34.0 Å². The van der Waals surface area contributed by atoms with Gasteiger partial charge in [-0.15, -0.1) is 0 Å². The fourth-order valence-corrected chi connectivity index (χ4v) is 3.61. The quantitative estimate of drug-likeness (QED) is 0.770. The average Bonchev–Trinajstić information content (AvgIpc) is 3.19. The number of rotatable bonds is 5. The van der Waals surface area contributed by atoms with E-state index >= 15 is 0 Å². The first-order valence-corrected chi connectivity index (χ1v) is 9.43. The summed E-state index contributed by atoms with van der Waals surface area (Å²) in [6.07, 6.45) is 8.02. The minimum Gasteiger partial charge on any atom is -0.495 e. The first-order chi connectivity index (χ1) is 14.1. The predicted octanol–water partition coefficient (Wildman–Crippen LogP) is 2.96. The molecule has 0 saturated carbocycles. The molecule has 2 aliphatic rings. The Morgan fingerprint density at radius 2 is 2.28 bits per heavy atom. The molecule has 2 aliphatic heterocycles. The standard InChI is InChI=1S/C22H22N4O3/c1-3-21(27)25-18-11-15(4-5-20(18)29-2)17-10-14(6-7-23-17)16-12-19-22(28)24-8-9-26(19)13-16/h3-5,7,10-14H,1,6,8-9H2,2H3,(H,24,28)(H,25,27). The van der Waals surface area contributed by atoms with Crippen LogP contribution in [0.5, 0.6) is 5.75 Å². The van der Waals surface area contributed by atoms with E-state index in [1.165, 1.54) is 6.08 Å². The molecule has 0 spiro atoms. The van der Waals surface area contributed by atoms with Gasteiger partial charge in [-0.1, -0.05) is 12.7 Å². The van der Waals surface area contributed by atoms with Gasteiger partial charge in [0, 0.05) is 37.0 Å². The fraction of sp³-hybridized carbons (Fsp3) is 0.227. The molecule has 0 aliphatic carbocycles. The summed E-state index contributed by atoms with van der Waals surface area (Å²) in [5.41, 5.74) is 4.03. The Kier molecular flexibility index (Phi) is 5.03. The molecule has 0 radical (unpaired) electrons. The van der Waals surface area contributed by atoms with E-state index in [-0.39, 0.29) is 17.7 Å². The van der Waals surface area contributed by atoms with Crippen molar-refractivity contribution in [3.8, 4) is 5.75 Å². The molecular formula is C22H22N4O3. The number of fused-ring (bicyclic) bond motifs is 1. The number of amides is 2. The Hall–Kier alpha value is -3.61. The molecule has 0 fully saturated rings. The number of nitrogens with one attached hydrogen (secondary N) is 2. The number of methoxy groups -OCH3 is 1. The number of allylic oxidation sites excluding steroid dienone is 1. The van der Waals surface area contributed by atoms with Gasteiger partial charge in [-0.2, -0.15) is 0 Å². The minimum absolute atomic E-state index is 0.0334. The van der Waals surface area contributed by atoms with Crippen LogP contribution in [0.3, 0.4) is 0 Å². The molecular weight excluding hydrogens is 368 g/mol. The molecule has 2 N–H and O–H groups in total. The summed E-state index contributed by atoms with van der Waals surface area (Å²) in [7, 11) is 1.55. The third-order valence-electron chi connectivity index (χ3n) is 5.10. The van der Waals surface area contributed by atoms with Gasteiger partial charge in [0.05, 0.1) is 18.5 Å².